The van der Waals surface area contributed by atoms with Crippen LogP contribution in [0.3, 0.4) is 0 Å². The Kier molecular flexibility index (Phi) is 4.96. The molecule has 1 aromatic carbocycles. The molecule has 0 aromatic heterocycles. The first-order valence-electron chi connectivity index (χ1n) is 5.11. The summed E-state index contributed by atoms with van der Waals surface area (Å²) in [5, 5.41) is 0. The summed E-state index contributed by atoms with van der Waals surface area (Å²) in [6.45, 7) is -0.326. The number of benzene rings is 1. The van der Waals surface area contributed by atoms with Gasteiger partial charge in [0.15, 0.2) is 6.61 Å². The molecule has 0 spiro atoms. The lowest BCUT2D eigenvalue weighted by Gasteiger charge is -2.04. The van der Waals surface area contributed by atoms with Gasteiger partial charge in [-0.3, -0.25) is 14.4 Å². The molecule has 6 heteroatoms. The summed E-state index contributed by atoms with van der Waals surface area (Å²) in [5.74, 6) is -0.938. The lowest BCUT2D eigenvalue weighted by molar-refractivity contribution is -0.137. The summed E-state index contributed by atoms with van der Waals surface area (Å²) in [5.41, 5.74) is 14.2. The van der Waals surface area contributed by atoms with Gasteiger partial charge in [0.05, 0.1) is 0 Å². The van der Waals surface area contributed by atoms with Crippen LogP contribution in [0.5, 0.6) is 0 Å². The van der Waals surface area contributed by atoms with Crippen molar-refractivity contribution in [1.29, 1.82) is 0 Å². The number of aryl methyl sites for hydroxylation is 1. The highest BCUT2D eigenvalue weighted by Crippen LogP contribution is 2.07. The molecule has 6 nitrogen and oxygen atoms in total. The summed E-state index contributed by atoms with van der Waals surface area (Å²) >= 11 is 0. The predicted molar refractivity (Wildman–Crippen MR) is 62.5 cm³/mol. The largest absolute Gasteiger partial charge is 0.399 e. The van der Waals surface area contributed by atoms with Crippen LogP contribution in [0.15, 0.2) is 24.3 Å². The van der Waals surface area contributed by atoms with E-state index < -0.39 is 5.91 Å². The van der Waals surface area contributed by atoms with E-state index in [-0.39, 0.29) is 18.9 Å². The molecule has 0 bridgehead atoms. The number of nitrogens with two attached hydrogens (primary N) is 2. The highest BCUT2D eigenvalue weighted by molar-refractivity contribution is 5.77. The topological polar surface area (TPSA) is 107 Å². The zero-order valence-corrected chi connectivity index (χ0v) is 9.31. The van der Waals surface area contributed by atoms with Crippen LogP contribution in [0.1, 0.15) is 12.0 Å². The van der Waals surface area contributed by atoms with Crippen LogP contribution in [-0.2, 0) is 20.8 Å². The monoisotopic (exact) mass is 237 g/mol. The molecule has 2 amide bonds. The Labute approximate surface area is 98.9 Å². The minimum absolute atomic E-state index is 0.267. The van der Waals surface area contributed by atoms with E-state index in [0.29, 0.717) is 12.1 Å². The number of rotatable bonds is 6. The van der Waals surface area contributed by atoms with Crippen LogP contribution in [-0.4, -0.2) is 18.4 Å². The van der Waals surface area contributed by atoms with Crippen molar-refractivity contribution >= 4 is 17.5 Å². The third-order valence-electron chi connectivity index (χ3n) is 2.02. The van der Waals surface area contributed by atoms with Gasteiger partial charge in [0.1, 0.15) is 0 Å². The molecule has 0 aliphatic heterocycles. The molecule has 0 aliphatic carbocycles. The Morgan fingerprint density at radius 3 is 2.47 bits per heavy atom. The van der Waals surface area contributed by atoms with E-state index in [1.54, 1.807) is 12.1 Å². The fourth-order valence-corrected chi connectivity index (χ4v) is 1.18. The molecule has 0 saturated heterocycles. The van der Waals surface area contributed by atoms with Gasteiger partial charge in [-0.05, 0) is 24.1 Å². The Hall–Kier alpha value is -2.08. The number of hydrogen-bond donors (Lipinski definition) is 3. The van der Waals surface area contributed by atoms with Gasteiger partial charge in [-0.1, -0.05) is 12.1 Å². The maximum Gasteiger partial charge on any atom is 0.246 e. The average molecular weight is 237 g/mol. The minimum atomic E-state index is -0.635. The lowest BCUT2D eigenvalue weighted by atomic mass is 10.1. The smallest absolute Gasteiger partial charge is 0.246 e. The number of anilines is 1. The van der Waals surface area contributed by atoms with E-state index in [1.807, 2.05) is 12.1 Å². The first kappa shape index (κ1) is 13.0. The van der Waals surface area contributed by atoms with Crippen molar-refractivity contribution in [3.63, 3.8) is 0 Å². The average Bonchev–Trinajstić information content (AvgIpc) is 2.28. The Morgan fingerprint density at radius 2 is 1.88 bits per heavy atom. The maximum absolute atomic E-state index is 11.3. The third kappa shape index (κ3) is 5.53. The highest BCUT2D eigenvalue weighted by Gasteiger charge is 2.03. The molecule has 0 saturated carbocycles. The molecule has 5 N–H and O–H groups in total. The standard InChI is InChI=1S/C11H15N3O3/c12-9-4-1-8(2-5-9)3-6-11(16)14-17-7-10(13)15/h1-2,4-5H,3,6-7,12H2,(H2,13,15)(H,14,16). The highest BCUT2D eigenvalue weighted by atomic mass is 16.7. The van der Waals surface area contributed by atoms with Crippen molar-refractivity contribution in [2.45, 2.75) is 12.8 Å². The summed E-state index contributed by atoms with van der Waals surface area (Å²) in [6.07, 6.45) is 0.842. The second-order valence-corrected chi connectivity index (χ2v) is 3.52. The molecule has 17 heavy (non-hydrogen) atoms. The van der Waals surface area contributed by atoms with E-state index >= 15 is 0 Å². The van der Waals surface area contributed by atoms with Gasteiger partial charge in [-0.25, -0.2) is 5.48 Å². The number of carbonyl (C=O) groups is 2. The fourth-order valence-electron chi connectivity index (χ4n) is 1.18. The van der Waals surface area contributed by atoms with Crippen molar-refractivity contribution in [2.24, 2.45) is 5.73 Å². The van der Waals surface area contributed by atoms with E-state index in [2.05, 4.69) is 10.3 Å². The zero-order chi connectivity index (χ0) is 12.7. The van der Waals surface area contributed by atoms with Gasteiger partial charge in [-0.2, -0.15) is 0 Å². The minimum Gasteiger partial charge on any atom is -0.399 e. The van der Waals surface area contributed by atoms with Crippen molar-refractivity contribution in [1.82, 2.24) is 5.48 Å². The molecule has 1 aromatic rings. The van der Waals surface area contributed by atoms with Crippen molar-refractivity contribution in [2.75, 3.05) is 12.3 Å². The fraction of sp³-hybridized carbons (Fsp3) is 0.273. The van der Waals surface area contributed by atoms with Crippen LogP contribution >= 0.6 is 0 Å². The van der Waals surface area contributed by atoms with Gasteiger partial charge in [0, 0.05) is 12.1 Å². The van der Waals surface area contributed by atoms with Crippen LogP contribution in [0.2, 0.25) is 0 Å². The molecule has 0 atom stereocenters. The quantitative estimate of drug-likeness (QED) is 0.467. The van der Waals surface area contributed by atoms with Gasteiger partial charge in [0.25, 0.3) is 0 Å². The first-order chi connectivity index (χ1) is 8.08. The molecule has 0 unspecified atom stereocenters. The van der Waals surface area contributed by atoms with Crippen LogP contribution in [0, 0.1) is 0 Å². The molecule has 0 fully saturated rings. The van der Waals surface area contributed by atoms with E-state index in [1.165, 1.54) is 0 Å². The number of primary amides is 1. The Morgan fingerprint density at radius 1 is 1.24 bits per heavy atom. The summed E-state index contributed by atoms with van der Waals surface area (Å²) in [4.78, 5) is 26.1. The van der Waals surface area contributed by atoms with Gasteiger partial charge in [-0.15, -0.1) is 0 Å². The second kappa shape index (κ2) is 6.49. The molecule has 92 valence electrons. The van der Waals surface area contributed by atoms with Gasteiger partial charge in [0.2, 0.25) is 11.8 Å². The van der Waals surface area contributed by atoms with Crippen LogP contribution in [0.25, 0.3) is 0 Å². The normalized spacial score (nSPS) is 9.88. The summed E-state index contributed by atoms with van der Waals surface area (Å²) < 4.78 is 0. The summed E-state index contributed by atoms with van der Waals surface area (Å²) in [7, 11) is 0. The number of carbonyl (C=O) groups excluding carboxylic acids is 2. The Bertz CT molecular complexity index is 389. The van der Waals surface area contributed by atoms with Gasteiger partial charge >= 0.3 is 0 Å². The number of hydrogen-bond acceptors (Lipinski definition) is 4. The van der Waals surface area contributed by atoms with Crippen molar-refractivity contribution in [3.05, 3.63) is 29.8 Å². The van der Waals surface area contributed by atoms with Crippen molar-refractivity contribution in [3.8, 4) is 0 Å². The van der Waals surface area contributed by atoms with E-state index in [9.17, 15) is 9.59 Å². The number of hydroxylamine groups is 1. The molecular formula is C11H15N3O3. The first-order valence-corrected chi connectivity index (χ1v) is 5.11. The Balaban J connectivity index is 2.23. The van der Waals surface area contributed by atoms with Crippen LogP contribution in [0.4, 0.5) is 5.69 Å². The van der Waals surface area contributed by atoms with Crippen molar-refractivity contribution < 1.29 is 14.4 Å². The lowest BCUT2D eigenvalue weighted by Crippen LogP contribution is -2.29. The third-order valence-corrected chi connectivity index (χ3v) is 2.02. The molecule has 1 rings (SSSR count). The van der Waals surface area contributed by atoms with Gasteiger partial charge < -0.3 is 11.5 Å². The number of amides is 2. The maximum atomic E-state index is 11.3. The number of nitrogen functional groups attached to an aromatic ring is 1. The molecule has 0 aliphatic rings. The molecule has 0 radical (unpaired) electrons. The zero-order valence-electron chi connectivity index (χ0n) is 9.31. The van der Waals surface area contributed by atoms with E-state index in [0.717, 1.165) is 5.56 Å². The second-order valence-electron chi connectivity index (χ2n) is 3.52. The van der Waals surface area contributed by atoms with E-state index in [4.69, 9.17) is 11.5 Å². The number of nitrogens with one attached hydrogen (secondary N) is 1. The molecular weight excluding hydrogens is 222 g/mol. The SMILES string of the molecule is NC(=O)CONC(=O)CCc1ccc(N)cc1. The predicted octanol–water partition coefficient (Wildman–Crippen LogP) is -0.265. The van der Waals surface area contributed by atoms with Crippen LogP contribution < -0.4 is 16.9 Å². The summed E-state index contributed by atoms with van der Waals surface area (Å²) in [6, 6.07) is 7.26. The molecule has 0 heterocycles.